The predicted molar refractivity (Wildman–Crippen MR) is 106 cm³/mol. The Labute approximate surface area is 166 Å². The van der Waals surface area contributed by atoms with Crippen molar-refractivity contribution >= 4 is 18.3 Å². The van der Waals surface area contributed by atoms with Crippen LogP contribution in [0.4, 0.5) is 0 Å². The zero-order valence-electron chi connectivity index (χ0n) is 15.8. The third kappa shape index (κ3) is 3.32. The number of hydrogen-bond acceptors (Lipinski definition) is 4. The summed E-state index contributed by atoms with van der Waals surface area (Å²) >= 11 is 0. The number of ether oxygens (including phenoxy) is 1. The standard InChI is InChI=1S/C20H26N4O2.ClH/c1-19(15-6-3-4-7-16(15)26-2)14-17(19)23-18(25)20(8-11-21-12-9-20)24-13-5-10-22-24;/h3-7,10,13,17,21H,8-9,11-12,14H2,1-2H3,(H,23,25);1H. The van der Waals surface area contributed by atoms with Gasteiger partial charge in [-0.05, 0) is 44.5 Å². The number of hydrogen-bond donors (Lipinski definition) is 2. The molecule has 7 heteroatoms. The highest BCUT2D eigenvalue weighted by molar-refractivity contribution is 5.86. The van der Waals surface area contributed by atoms with E-state index in [2.05, 4.69) is 28.7 Å². The second kappa shape index (κ2) is 7.52. The van der Waals surface area contributed by atoms with Crippen LogP contribution in [0.2, 0.25) is 0 Å². The molecule has 1 amide bonds. The van der Waals surface area contributed by atoms with Crippen LogP contribution in [-0.2, 0) is 15.7 Å². The fourth-order valence-corrected chi connectivity index (χ4v) is 4.20. The maximum atomic E-state index is 13.3. The summed E-state index contributed by atoms with van der Waals surface area (Å²) in [5, 5.41) is 11.0. The average Bonchev–Trinajstić information content (AvgIpc) is 3.09. The number of benzene rings is 1. The Morgan fingerprint density at radius 3 is 2.70 bits per heavy atom. The van der Waals surface area contributed by atoms with Crippen molar-refractivity contribution in [2.45, 2.75) is 43.2 Å². The van der Waals surface area contributed by atoms with E-state index in [1.165, 1.54) is 0 Å². The molecule has 0 bridgehead atoms. The minimum Gasteiger partial charge on any atom is -0.496 e. The van der Waals surface area contributed by atoms with Crippen LogP contribution in [-0.4, -0.2) is 41.9 Å². The second-order valence-electron chi connectivity index (χ2n) is 7.58. The van der Waals surface area contributed by atoms with Gasteiger partial charge in [-0.1, -0.05) is 25.1 Å². The van der Waals surface area contributed by atoms with Gasteiger partial charge in [0, 0.05) is 29.4 Å². The summed E-state index contributed by atoms with van der Waals surface area (Å²) in [6.07, 6.45) is 6.06. The van der Waals surface area contributed by atoms with E-state index in [0.717, 1.165) is 43.7 Å². The van der Waals surface area contributed by atoms with Gasteiger partial charge in [-0.25, -0.2) is 0 Å². The summed E-state index contributed by atoms with van der Waals surface area (Å²) in [6.45, 7) is 3.84. The van der Waals surface area contributed by atoms with Crippen LogP contribution < -0.4 is 15.4 Å². The Morgan fingerprint density at radius 2 is 2.04 bits per heavy atom. The third-order valence-electron chi connectivity index (χ3n) is 6.06. The summed E-state index contributed by atoms with van der Waals surface area (Å²) in [4.78, 5) is 13.3. The number of nitrogens with zero attached hydrogens (tertiary/aromatic N) is 2. The van der Waals surface area contributed by atoms with Crippen molar-refractivity contribution < 1.29 is 9.53 Å². The number of amides is 1. The van der Waals surface area contributed by atoms with Crippen LogP contribution >= 0.6 is 12.4 Å². The maximum Gasteiger partial charge on any atom is 0.248 e. The van der Waals surface area contributed by atoms with Gasteiger partial charge in [0.2, 0.25) is 5.91 Å². The van der Waals surface area contributed by atoms with Crippen LogP contribution in [0.3, 0.4) is 0 Å². The Kier molecular flexibility index (Phi) is 5.49. The van der Waals surface area contributed by atoms with E-state index in [9.17, 15) is 4.79 Å². The minimum atomic E-state index is -0.598. The molecule has 2 aromatic rings. The van der Waals surface area contributed by atoms with Gasteiger partial charge in [-0.15, -0.1) is 12.4 Å². The molecule has 146 valence electrons. The third-order valence-corrected chi connectivity index (χ3v) is 6.06. The van der Waals surface area contributed by atoms with Crippen molar-refractivity contribution in [1.82, 2.24) is 20.4 Å². The van der Waals surface area contributed by atoms with Crippen LogP contribution in [0.25, 0.3) is 0 Å². The quantitative estimate of drug-likeness (QED) is 0.821. The first kappa shape index (κ1) is 19.7. The molecule has 1 aromatic heterocycles. The lowest BCUT2D eigenvalue weighted by molar-refractivity contribution is -0.132. The van der Waals surface area contributed by atoms with Crippen LogP contribution in [0.5, 0.6) is 5.75 Å². The molecule has 2 heterocycles. The fraction of sp³-hybridized carbons (Fsp3) is 0.500. The van der Waals surface area contributed by atoms with Gasteiger partial charge in [-0.3, -0.25) is 9.48 Å². The van der Waals surface area contributed by atoms with Gasteiger partial charge in [0.15, 0.2) is 0 Å². The van der Waals surface area contributed by atoms with E-state index in [0.29, 0.717) is 0 Å². The monoisotopic (exact) mass is 390 g/mol. The number of halogens is 1. The molecule has 1 saturated heterocycles. The number of carbonyl (C=O) groups is 1. The van der Waals surface area contributed by atoms with Gasteiger partial charge in [0.05, 0.1) is 7.11 Å². The number of para-hydroxylation sites is 1. The van der Waals surface area contributed by atoms with Crippen molar-refractivity contribution in [1.29, 1.82) is 0 Å². The van der Waals surface area contributed by atoms with Crippen molar-refractivity contribution in [3.63, 3.8) is 0 Å². The summed E-state index contributed by atoms with van der Waals surface area (Å²) in [7, 11) is 1.69. The van der Waals surface area contributed by atoms with E-state index >= 15 is 0 Å². The molecule has 6 nitrogen and oxygen atoms in total. The second-order valence-corrected chi connectivity index (χ2v) is 7.58. The highest BCUT2D eigenvalue weighted by Crippen LogP contribution is 2.51. The topological polar surface area (TPSA) is 68.2 Å². The first-order valence-electron chi connectivity index (χ1n) is 9.25. The van der Waals surface area contributed by atoms with E-state index in [1.807, 2.05) is 35.1 Å². The molecule has 2 aliphatic rings. The van der Waals surface area contributed by atoms with E-state index in [-0.39, 0.29) is 29.8 Å². The number of carbonyl (C=O) groups excluding carboxylic acids is 1. The summed E-state index contributed by atoms with van der Waals surface area (Å²) < 4.78 is 7.36. The van der Waals surface area contributed by atoms with Crippen molar-refractivity contribution in [2.75, 3.05) is 20.2 Å². The molecule has 2 atom stereocenters. The van der Waals surface area contributed by atoms with Crippen molar-refractivity contribution in [3.05, 3.63) is 48.3 Å². The molecule has 2 unspecified atom stereocenters. The fourth-order valence-electron chi connectivity index (χ4n) is 4.20. The number of nitrogens with one attached hydrogen (secondary N) is 2. The molecule has 1 aliphatic carbocycles. The van der Waals surface area contributed by atoms with Gasteiger partial charge >= 0.3 is 0 Å². The number of piperidine rings is 1. The number of rotatable bonds is 5. The van der Waals surface area contributed by atoms with Gasteiger partial charge < -0.3 is 15.4 Å². The van der Waals surface area contributed by atoms with Crippen molar-refractivity contribution in [2.24, 2.45) is 0 Å². The molecule has 1 aliphatic heterocycles. The average molecular weight is 391 g/mol. The smallest absolute Gasteiger partial charge is 0.248 e. The first-order valence-corrected chi connectivity index (χ1v) is 9.25. The van der Waals surface area contributed by atoms with Gasteiger partial charge in [0.25, 0.3) is 0 Å². The zero-order valence-corrected chi connectivity index (χ0v) is 16.6. The normalized spacial score (nSPS) is 25.9. The Morgan fingerprint density at radius 1 is 1.30 bits per heavy atom. The highest BCUT2D eigenvalue weighted by atomic mass is 35.5. The number of aromatic nitrogens is 2. The maximum absolute atomic E-state index is 13.3. The van der Waals surface area contributed by atoms with E-state index < -0.39 is 5.54 Å². The van der Waals surface area contributed by atoms with Crippen molar-refractivity contribution in [3.8, 4) is 5.75 Å². The van der Waals surface area contributed by atoms with Gasteiger partial charge in [0.1, 0.15) is 11.3 Å². The molecular weight excluding hydrogens is 364 g/mol. The van der Waals surface area contributed by atoms with Crippen LogP contribution in [0, 0.1) is 0 Å². The molecule has 2 fully saturated rings. The summed E-state index contributed by atoms with van der Waals surface area (Å²) in [5.41, 5.74) is 0.478. The summed E-state index contributed by atoms with van der Waals surface area (Å²) in [6, 6.07) is 10.1. The predicted octanol–water partition coefficient (Wildman–Crippen LogP) is 2.24. The Bertz CT molecular complexity index is 789. The van der Waals surface area contributed by atoms with Crippen LogP contribution in [0.15, 0.2) is 42.7 Å². The molecule has 27 heavy (non-hydrogen) atoms. The molecular formula is C20H27ClN4O2. The van der Waals surface area contributed by atoms with Crippen LogP contribution in [0.1, 0.15) is 31.7 Å². The first-order chi connectivity index (χ1) is 12.6. The minimum absolute atomic E-state index is 0. The zero-order chi connectivity index (χ0) is 18.2. The molecule has 0 radical (unpaired) electrons. The lowest BCUT2D eigenvalue weighted by atomic mass is 9.87. The van der Waals surface area contributed by atoms with E-state index in [4.69, 9.17) is 4.74 Å². The molecule has 2 N–H and O–H groups in total. The highest BCUT2D eigenvalue weighted by Gasteiger charge is 2.55. The molecule has 0 spiro atoms. The lowest BCUT2D eigenvalue weighted by Gasteiger charge is -2.36. The number of methoxy groups -OCH3 is 1. The Balaban J connectivity index is 0.00000210. The Hall–Kier alpha value is -2.05. The molecule has 1 saturated carbocycles. The molecule has 1 aromatic carbocycles. The van der Waals surface area contributed by atoms with Gasteiger partial charge in [-0.2, -0.15) is 5.10 Å². The SMILES string of the molecule is COc1ccccc1C1(C)CC1NC(=O)C1(n2cccn2)CCNCC1.Cl. The molecule has 4 rings (SSSR count). The largest absolute Gasteiger partial charge is 0.496 e. The lowest BCUT2D eigenvalue weighted by Crippen LogP contribution is -2.55. The van der Waals surface area contributed by atoms with E-state index in [1.54, 1.807) is 13.3 Å². The summed E-state index contributed by atoms with van der Waals surface area (Å²) in [5.74, 6) is 0.960.